The van der Waals surface area contributed by atoms with Gasteiger partial charge in [0.15, 0.2) is 11.5 Å². The molecule has 80 valence electrons. The third kappa shape index (κ3) is 1.94. The predicted octanol–water partition coefficient (Wildman–Crippen LogP) is 1.57. The fraction of sp³-hybridized carbons (Fsp3) is 0.273. The summed E-state index contributed by atoms with van der Waals surface area (Å²) in [6, 6.07) is 2.94. The summed E-state index contributed by atoms with van der Waals surface area (Å²) in [5.41, 5.74) is 5.72. The molecule has 1 aromatic carbocycles. The van der Waals surface area contributed by atoms with E-state index in [1.807, 2.05) is 0 Å². The third-order valence-corrected chi connectivity index (χ3v) is 2.11. The van der Waals surface area contributed by atoms with Crippen molar-refractivity contribution in [1.82, 2.24) is 0 Å². The van der Waals surface area contributed by atoms with E-state index in [0.717, 1.165) is 0 Å². The van der Waals surface area contributed by atoms with Crippen LogP contribution in [0.2, 0.25) is 0 Å². The Balaban J connectivity index is 2.45. The molecule has 0 bridgehead atoms. The molecular weight excluding hydrogens is 197 g/mol. The van der Waals surface area contributed by atoms with Crippen LogP contribution in [0.25, 0.3) is 6.08 Å². The van der Waals surface area contributed by atoms with Crippen LogP contribution in [-0.2, 0) is 0 Å². The average Bonchev–Trinajstić information content (AvgIpc) is 2.28. The topological polar surface area (TPSA) is 44.5 Å². The molecule has 3 nitrogen and oxygen atoms in total. The lowest BCUT2D eigenvalue weighted by Crippen LogP contribution is -2.16. The number of halogens is 1. The molecule has 0 atom stereocenters. The minimum absolute atomic E-state index is 0.330. The van der Waals surface area contributed by atoms with E-state index in [2.05, 4.69) is 0 Å². The highest BCUT2D eigenvalue weighted by Crippen LogP contribution is 2.35. The van der Waals surface area contributed by atoms with Gasteiger partial charge in [-0.15, -0.1) is 0 Å². The summed E-state index contributed by atoms with van der Waals surface area (Å²) in [7, 11) is 0. The summed E-state index contributed by atoms with van der Waals surface area (Å²) >= 11 is 0. The van der Waals surface area contributed by atoms with Crippen molar-refractivity contribution in [2.45, 2.75) is 0 Å². The van der Waals surface area contributed by atoms with Gasteiger partial charge in [0.1, 0.15) is 19.0 Å². The quantitative estimate of drug-likeness (QED) is 0.804. The maximum Gasteiger partial charge on any atom is 0.171 e. The van der Waals surface area contributed by atoms with Gasteiger partial charge in [-0.2, -0.15) is 0 Å². The van der Waals surface area contributed by atoms with E-state index in [-0.39, 0.29) is 5.82 Å². The lowest BCUT2D eigenvalue weighted by molar-refractivity contribution is 0.170. The number of hydrogen-bond acceptors (Lipinski definition) is 3. The molecule has 1 aromatic rings. The fourth-order valence-electron chi connectivity index (χ4n) is 1.45. The Morgan fingerprint density at radius 2 is 2.13 bits per heavy atom. The van der Waals surface area contributed by atoms with E-state index in [0.29, 0.717) is 36.8 Å². The van der Waals surface area contributed by atoms with Crippen molar-refractivity contribution in [2.24, 2.45) is 5.73 Å². The van der Waals surface area contributed by atoms with Gasteiger partial charge in [0.2, 0.25) is 0 Å². The van der Waals surface area contributed by atoms with Crippen LogP contribution in [0.1, 0.15) is 5.56 Å². The molecular formula is C11H12FNO2. The fourth-order valence-corrected chi connectivity index (χ4v) is 1.45. The first kappa shape index (κ1) is 9.98. The minimum atomic E-state index is -0.330. The monoisotopic (exact) mass is 209 g/mol. The second kappa shape index (κ2) is 4.31. The lowest BCUT2D eigenvalue weighted by atomic mass is 10.1. The Kier molecular flexibility index (Phi) is 2.87. The zero-order chi connectivity index (χ0) is 10.7. The van der Waals surface area contributed by atoms with Crippen LogP contribution in [0.4, 0.5) is 4.39 Å². The number of benzene rings is 1. The first-order valence-corrected chi connectivity index (χ1v) is 4.77. The van der Waals surface area contributed by atoms with Crippen LogP contribution in [0.15, 0.2) is 18.2 Å². The normalized spacial score (nSPS) is 14.5. The molecule has 1 heterocycles. The van der Waals surface area contributed by atoms with Crippen molar-refractivity contribution < 1.29 is 13.9 Å². The predicted molar refractivity (Wildman–Crippen MR) is 55.5 cm³/mol. The third-order valence-electron chi connectivity index (χ3n) is 2.11. The van der Waals surface area contributed by atoms with E-state index in [4.69, 9.17) is 15.2 Å². The van der Waals surface area contributed by atoms with Crippen LogP contribution in [-0.4, -0.2) is 19.8 Å². The van der Waals surface area contributed by atoms with Gasteiger partial charge < -0.3 is 15.2 Å². The Bertz CT molecular complexity index is 390. The highest BCUT2D eigenvalue weighted by atomic mass is 19.1. The van der Waals surface area contributed by atoms with Crippen LogP contribution in [0.5, 0.6) is 11.5 Å². The van der Waals surface area contributed by atoms with Crippen LogP contribution in [0.3, 0.4) is 0 Å². The molecule has 2 rings (SSSR count). The van der Waals surface area contributed by atoms with E-state index in [9.17, 15) is 4.39 Å². The van der Waals surface area contributed by atoms with Gasteiger partial charge in [0, 0.05) is 6.54 Å². The summed E-state index contributed by atoms with van der Waals surface area (Å²) in [6.45, 7) is 1.31. The maximum atomic E-state index is 13.5. The summed E-state index contributed by atoms with van der Waals surface area (Å²) in [5.74, 6) is 0.717. The number of nitrogens with two attached hydrogens (primary N) is 1. The SMILES string of the molecule is NC/C=C/c1c(F)ccc2c1OCCO2. The zero-order valence-corrected chi connectivity index (χ0v) is 8.20. The second-order valence-electron chi connectivity index (χ2n) is 3.12. The molecule has 0 fully saturated rings. The Labute approximate surface area is 87.3 Å². The van der Waals surface area contributed by atoms with E-state index < -0.39 is 0 Å². The van der Waals surface area contributed by atoms with Crippen LogP contribution >= 0.6 is 0 Å². The Morgan fingerprint density at radius 3 is 2.93 bits per heavy atom. The Morgan fingerprint density at radius 1 is 1.33 bits per heavy atom. The minimum Gasteiger partial charge on any atom is -0.486 e. The number of ether oxygens (including phenoxy) is 2. The largest absolute Gasteiger partial charge is 0.486 e. The zero-order valence-electron chi connectivity index (χ0n) is 8.20. The molecule has 1 aliphatic rings. The van der Waals surface area contributed by atoms with Crippen molar-refractivity contribution in [3.63, 3.8) is 0 Å². The summed E-state index contributed by atoms with van der Waals surface area (Å²) in [6.07, 6.45) is 3.29. The van der Waals surface area contributed by atoms with Crippen molar-refractivity contribution in [2.75, 3.05) is 19.8 Å². The van der Waals surface area contributed by atoms with Gasteiger partial charge in [0.05, 0.1) is 5.56 Å². The van der Waals surface area contributed by atoms with Gasteiger partial charge in [-0.05, 0) is 12.1 Å². The van der Waals surface area contributed by atoms with E-state index >= 15 is 0 Å². The average molecular weight is 209 g/mol. The highest BCUT2D eigenvalue weighted by molar-refractivity contribution is 5.63. The first-order chi connectivity index (χ1) is 7.33. The standard InChI is InChI=1S/C11H12FNO2/c12-9-3-4-10-11(15-7-6-14-10)8(9)2-1-5-13/h1-4H,5-7,13H2/b2-1+. The summed E-state index contributed by atoms with van der Waals surface area (Å²) in [5, 5.41) is 0. The highest BCUT2D eigenvalue weighted by Gasteiger charge is 2.17. The van der Waals surface area contributed by atoms with Crippen molar-refractivity contribution in [3.05, 3.63) is 29.6 Å². The van der Waals surface area contributed by atoms with Gasteiger partial charge in [-0.1, -0.05) is 12.2 Å². The molecule has 0 aliphatic carbocycles. The van der Waals surface area contributed by atoms with Crippen molar-refractivity contribution >= 4 is 6.08 Å². The van der Waals surface area contributed by atoms with Crippen molar-refractivity contribution in [3.8, 4) is 11.5 Å². The van der Waals surface area contributed by atoms with Gasteiger partial charge in [-0.25, -0.2) is 4.39 Å². The number of hydrogen-bond donors (Lipinski definition) is 1. The molecule has 1 aliphatic heterocycles. The summed E-state index contributed by atoms with van der Waals surface area (Å²) in [4.78, 5) is 0. The molecule has 15 heavy (non-hydrogen) atoms. The number of rotatable bonds is 2. The molecule has 0 aromatic heterocycles. The lowest BCUT2D eigenvalue weighted by Gasteiger charge is -2.20. The van der Waals surface area contributed by atoms with Gasteiger partial charge in [-0.3, -0.25) is 0 Å². The Hall–Kier alpha value is -1.55. The maximum absolute atomic E-state index is 13.5. The molecule has 0 saturated heterocycles. The van der Waals surface area contributed by atoms with Crippen molar-refractivity contribution in [1.29, 1.82) is 0 Å². The number of fused-ring (bicyclic) bond motifs is 1. The van der Waals surface area contributed by atoms with Crippen LogP contribution in [0, 0.1) is 5.82 Å². The van der Waals surface area contributed by atoms with Crippen LogP contribution < -0.4 is 15.2 Å². The first-order valence-electron chi connectivity index (χ1n) is 4.77. The van der Waals surface area contributed by atoms with Gasteiger partial charge in [0.25, 0.3) is 0 Å². The van der Waals surface area contributed by atoms with E-state index in [1.54, 1.807) is 18.2 Å². The van der Waals surface area contributed by atoms with E-state index in [1.165, 1.54) is 6.07 Å². The molecule has 0 unspecified atom stereocenters. The molecule has 2 N–H and O–H groups in total. The molecule has 0 amide bonds. The van der Waals surface area contributed by atoms with Gasteiger partial charge >= 0.3 is 0 Å². The summed E-state index contributed by atoms with van der Waals surface area (Å²) < 4.78 is 24.2. The molecule has 0 radical (unpaired) electrons. The molecule has 0 spiro atoms. The molecule has 4 heteroatoms. The second-order valence-corrected chi connectivity index (χ2v) is 3.12. The molecule has 0 saturated carbocycles. The smallest absolute Gasteiger partial charge is 0.171 e.